The van der Waals surface area contributed by atoms with E-state index >= 15 is 0 Å². The summed E-state index contributed by atoms with van der Waals surface area (Å²) in [5, 5.41) is 14.5. The summed E-state index contributed by atoms with van der Waals surface area (Å²) in [4.78, 5) is 27.9. The zero-order valence-electron chi connectivity index (χ0n) is 15.1. The molecular weight excluding hydrogens is 493 g/mol. The number of rotatable bonds is 5. The lowest BCUT2D eigenvalue weighted by molar-refractivity contribution is -0.385. The number of nitrogens with zero attached hydrogens (tertiary/aromatic N) is 2. The molecule has 3 rings (SSSR count). The van der Waals surface area contributed by atoms with Crippen molar-refractivity contribution in [3.63, 3.8) is 0 Å². The van der Waals surface area contributed by atoms with Crippen LogP contribution in [0.15, 0.2) is 46.3 Å². The van der Waals surface area contributed by atoms with Gasteiger partial charge in [0.2, 0.25) is 5.75 Å². The predicted molar refractivity (Wildman–Crippen MR) is 119 cm³/mol. The third-order valence-electron chi connectivity index (χ3n) is 3.97. The summed E-state index contributed by atoms with van der Waals surface area (Å²) in [5.41, 5.74) is 2.36. The van der Waals surface area contributed by atoms with Gasteiger partial charge in [-0.15, -0.1) is 0 Å². The fourth-order valence-corrected chi connectivity index (χ4v) is 4.27. The number of hydrogen-bond donors (Lipinski definition) is 1. The SMILES string of the molecule is CCc1ccc(N=C2NC(=O)/C(=C/c3cc(I)c(OC)c([N+](=O)[O-])c3)S2)cc1. The predicted octanol–water partition coefficient (Wildman–Crippen LogP) is 4.66. The molecule has 0 radical (unpaired) electrons. The Morgan fingerprint density at radius 2 is 2.04 bits per heavy atom. The zero-order chi connectivity index (χ0) is 20.3. The molecule has 1 saturated heterocycles. The second-order valence-electron chi connectivity index (χ2n) is 5.81. The minimum atomic E-state index is -0.502. The van der Waals surface area contributed by atoms with Gasteiger partial charge in [0.05, 0.1) is 26.2 Å². The number of thioether (sulfide) groups is 1. The summed E-state index contributed by atoms with van der Waals surface area (Å²) in [6, 6.07) is 10.9. The molecule has 0 bridgehead atoms. The van der Waals surface area contributed by atoms with Crippen molar-refractivity contribution in [3.8, 4) is 5.75 Å². The van der Waals surface area contributed by atoms with Crippen molar-refractivity contribution in [1.82, 2.24) is 5.32 Å². The van der Waals surface area contributed by atoms with Gasteiger partial charge >= 0.3 is 5.69 Å². The molecule has 1 aliphatic rings. The van der Waals surface area contributed by atoms with Crippen molar-refractivity contribution in [2.24, 2.45) is 4.99 Å². The van der Waals surface area contributed by atoms with Crippen molar-refractivity contribution in [3.05, 3.63) is 66.1 Å². The van der Waals surface area contributed by atoms with E-state index in [1.165, 1.54) is 30.5 Å². The number of halogens is 1. The van der Waals surface area contributed by atoms with Crippen molar-refractivity contribution < 1.29 is 14.5 Å². The number of nitrogens with one attached hydrogen (secondary N) is 1. The molecule has 144 valence electrons. The molecular formula is C19H16IN3O4S. The van der Waals surface area contributed by atoms with Gasteiger partial charge in [0.25, 0.3) is 5.91 Å². The molecule has 28 heavy (non-hydrogen) atoms. The highest BCUT2D eigenvalue weighted by atomic mass is 127. The number of hydrogen-bond acceptors (Lipinski definition) is 6. The third kappa shape index (κ3) is 4.53. The first-order chi connectivity index (χ1) is 13.4. The highest BCUT2D eigenvalue weighted by Gasteiger charge is 2.25. The monoisotopic (exact) mass is 509 g/mol. The summed E-state index contributed by atoms with van der Waals surface area (Å²) in [6.45, 7) is 2.08. The number of ether oxygens (including phenoxy) is 1. The first-order valence-electron chi connectivity index (χ1n) is 8.31. The molecule has 1 heterocycles. The Bertz CT molecular complexity index is 1000. The number of carbonyl (C=O) groups is 1. The zero-order valence-corrected chi connectivity index (χ0v) is 18.0. The van der Waals surface area contributed by atoms with Crippen molar-refractivity contribution in [2.75, 3.05) is 7.11 Å². The van der Waals surface area contributed by atoms with E-state index in [0.717, 1.165) is 12.1 Å². The van der Waals surface area contributed by atoms with Crippen LogP contribution < -0.4 is 10.1 Å². The number of methoxy groups -OCH3 is 1. The molecule has 0 aliphatic carbocycles. The van der Waals surface area contributed by atoms with Crippen LogP contribution in [0.3, 0.4) is 0 Å². The topological polar surface area (TPSA) is 93.8 Å². The van der Waals surface area contributed by atoms with Crippen LogP contribution >= 0.6 is 34.4 Å². The summed E-state index contributed by atoms with van der Waals surface area (Å²) < 4.78 is 5.70. The van der Waals surface area contributed by atoms with Crippen LogP contribution in [0.4, 0.5) is 11.4 Å². The maximum atomic E-state index is 12.3. The Labute approximate surface area is 179 Å². The molecule has 1 aliphatic heterocycles. The molecule has 7 nitrogen and oxygen atoms in total. The number of benzene rings is 2. The molecule has 0 spiro atoms. The third-order valence-corrected chi connectivity index (χ3v) is 5.68. The van der Waals surface area contributed by atoms with Gasteiger partial charge in [0, 0.05) is 6.07 Å². The molecule has 0 atom stereocenters. The highest BCUT2D eigenvalue weighted by molar-refractivity contribution is 14.1. The Hall–Kier alpha value is -2.40. The number of amides is 1. The largest absolute Gasteiger partial charge is 0.489 e. The van der Waals surface area contributed by atoms with E-state index in [1.807, 2.05) is 46.9 Å². The summed E-state index contributed by atoms with van der Waals surface area (Å²) >= 11 is 3.17. The molecule has 9 heteroatoms. The lowest BCUT2D eigenvalue weighted by Gasteiger charge is -2.05. The van der Waals surface area contributed by atoms with E-state index in [0.29, 0.717) is 19.2 Å². The molecule has 0 aromatic heterocycles. The molecule has 2 aromatic carbocycles. The minimum absolute atomic E-state index is 0.144. The number of nitro benzene ring substituents is 1. The fourth-order valence-electron chi connectivity index (χ4n) is 2.58. The van der Waals surface area contributed by atoms with Crippen LogP contribution in [-0.4, -0.2) is 23.1 Å². The second-order valence-corrected chi connectivity index (χ2v) is 8.01. The smallest absolute Gasteiger partial charge is 0.312 e. The number of amidine groups is 1. The standard InChI is InChI=1S/C19H16IN3O4S/c1-3-11-4-6-13(7-5-11)21-19-22-18(24)16(28-19)10-12-8-14(20)17(27-2)15(9-12)23(25)26/h4-10H,3H2,1-2H3,(H,21,22,24)/b16-10-. The van der Waals surface area contributed by atoms with E-state index in [9.17, 15) is 14.9 Å². The lowest BCUT2D eigenvalue weighted by Crippen LogP contribution is -2.19. The van der Waals surface area contributed by atoms with Gasteiger partial charge in [-0.3, -0.25) is 14.9 Å². The molecule has 1 N–H and O–H groups in total. The average molecular weight is 509 g/mol. The second kappa shape index (κ2) is 8.74. The number of carbonyl (C=O) groups excluding carboxylic acids is 1. The van der Waals surface area contributed by atoms with E-state index in [-0.39, 0.29) is 17.3 Å². The van der Waals surface area contributed by atoms with Gasteiger partial charge in [0.1, 0.15) is 0 Å². The fraction of sp³-hybridized carbons (Fsp3) is 0.158. The normalized spacial score (nSPS) is 16.5. The average Bonchev–Trinajstić information content (AvgIpc) is 3.00. The number of aliphatic imine (C=N–C) groups is 1. The van der Waals surface area contributed by atoms with Gasteiger partial charge in [-0.1, -0.05) is 19.1 Å². The first kappa shape index (κ1) is 20.3. The summed E-state index contributed by atoms with van der Waals surface area (Å²) in [7, 11) is 1.39. The Kier molecular flexibility index (Phi) is 6.35. The number of aryl methyl sites for hydroxylation is 1. The Balaban J connectivity index is 1.88. The van der Waals surface area contributed by atoms with Gasteiger partial charge in [-0.2, -0.15) is 0 Å². The Morgan fingerprint density at radius 1 is 1.32 bits per heavy atom. The molecule has 1 amide bonds. The molecule has 0 saturated carbocycles. The first-order valence-corrected chi connectivity index (χ1v) is 10.2. The van der Waals surface area contributed by atoms with Gasteiger partial charge < -0.3 is 10.1 Å². The van der Waals surface area contributed by atoms with Crippen LogP contribution in [0, 0.1) is 13.7 Å². The van der Waals surface area contributed by atoms with E-state index in [1.54, 1.807) is 12.1 Å². The van der Waals surface area contributed by atoms with Crippen LogP contribution in [0.2, 0.25) is 0 Å². The highest BCUT2D eigenvalue weighted by Crippen LogP contribution is 2.35. The quantitative estimate of drug-likeness (QED) is 0.274. The van der Waals surface area contributed by atoms with Gasteiger partial charge in [-0.05, 0) is 76.2 Å². The van der Waals surface area contributed by atoms with E-state index in [2.05, 4.69) is 17.2 Å². The lowest BCUT2D eigenvalue weighted by atomic mass is 10.1. The van der Waals surface area contributed by atoms with Crippen molar-refractivity contribution in [1.29, 1.82) is 0 Å². The van der Waals surface area contributed by atoms with Crippen molar-refractivity contribution >= 4 is 62.9 Å². The van der Waals surface area contributed by atoms with Crippen LogP contribution in [0.5, 0.6) is 5.75 Å². The van der Waals surface area contributed by atoms with Crippen LogP contribution in [-0.2, 0) is 11.2 Å². The summed E-state index contributed by atoms with van der Waals surface area (Å²) in [6.07, 6.45) is 2.55. The van der Waals surface area contributed by atoms with E-state index < -0.39 is 4.92 Å². The van der Waals surface area contributed by atoms with E-state index in [4.69, 9.17) is 4.74 Å². The van der Waals surface area contributed by atoms with Gasteiger partial charge in [-0.25, -0.2) is 4.99 Å². The van der Waals surface area contributed by atoms with Gasteiger partial charge in [0.15, 0.2) is 5.17 Å². The van der Waals surface area contributed by atoms with Crippen LogP contribution in [0.25, 0.3) is 6.08 Å². The summed E-state index contributed by atoms with van der Waals surface area (Å²) in [5.74, 6) is -0.0866. The Morgan fingerprint density at radius 3 is 2.64 bits per heavy atom. The number of nitro groups is 1. The minimum Gasteiger partial charge on any atom is -0.489 e. The van der Waals surface area contributed by atoms with Crippen LogP contribution in [0.1, 0.15) is 18.1 Å². The molecule has 2 aromatic rings. The van der Waals surface area contributed by atoms with Crippen molar-refractivity contribution in [2.45, 2.75) is 13.3 Å². The molecule has 0 unspecified atom stereocenters. The maximum absolute atomic E-state index is 12.3. The molecule has 1 fully saturated rings. The maximum Gasteiger partial charge on any atom is 0.312 e.